The molecule has 1 aliphatic heterocycles. The Hall–Kier alpha value is -2.02. The van der Waals surface area contributed by atoms with Crippen LogP contribution in [0, 0.1) is 19.8 Å². The minimum Gasteiger partial charge on any atom is -0.341 e. The summed E-state index contributed by atoms with van der Waals surface area (Å²) in [6, 6.07) is 6.60. The van der Waals surface area contributed by atoms with Crippen LogP contribution in [0.15, 0.2) is 23.4 Å². The third kappa shape index (κ3) is 4.35. The molecule has 1 saturated carbocycles. The first kappa shape index (κ1) is 19.3. The van der Waals surface area contributed by atoms with Crippen molar-refractivity contribution in [2.24, 2.45) is 5.92 Å². The zero-order valence-corrected chi connectivity index (χ0v) is 17.8. The molecule has 2 aromatic rings. The van der Waals surface area contributed by atoms with Crippen LogP contribution in [0.5, 0.6) is 0 Å². The minimum absolute atomic E-state index is 0.00241. The number of hydrogen-bond donors (Lipinski definition) is 1. The van der Waals surface area contributed by atoms with Gasteiger partial charge in [-0.3, -0.25) is 9.36 Å². The molecule has 0 unspecified atom stereocenters. The molecule has 0 bridgehead atoms. The summed E-state index contributed by atoms with van der Waals surface area (Å²) in [4.78, 5) is 14.9. The van der Waals surface area contributed by atoms with Crippen molar-refractivity contribution in [3.63, 3.8) is 0 Å². The molecule has 0 spiro atoms. The fraction of sp³-hybridized carbons (Fsp3) is 0.571. The predicted octanol–water partition coefficient (Wildman–Crippen LogP) is 4.20. The smallest absolute Gasteiger partial charge is 0.234 e. The summed E-state index contributed by atoms with van der Waals surface area (Å²) in [7, 11) is 0. The van der Waals surface area contributed by atoms with Gasteiger partial charge in [0.2, 0.25) is 11.9 Å². The van der Waals surface area contributed by atoms with E-state index in [0.717, 1.165) is 46.9 Å². The highest BCUT2D eigenvalue weighted by atomic mass is 32.2. The Morgan fingerprint density at radius 2 is 1.93 bits per heavy atom. The molecule has 1 aromatic carbocycles. The SMILES string of the molecule is Cc1ccc(C)c(NC(=O)CSc2nnc(N3CCC(C)CC3)n2C2CC2)c1. The van der Waals surface area contributed by atoms with Crippen LogP contribution in [-0.4, -0.2) is 39.5 Å². The van der Waals surface area contributed by atoms with E-state index in [1.54, 1.807) is 0 Å². The van der Waals surface area contributed by atoms with Crippen LogP contribution in [-0.2, 0) is 4.79 Å². The zero-order chi connectivity index (χ0) is 19.7. The van der Waals surface area contributed by atoms with Gasteiger partial charge in [0.15, 0.2) is 5.16 Å². The Balaban J connectivity index is 1.42. The van der Waals surface area contributed by atoms with E-state index in [2.05, 4.69) is 38.0 Å². The molecule has 1 N–H and O–H groups in total. The summed E-state index contributed by atoms with van der Waals surface area (Å²) in [5.74, 6) is 2.12. The van der Waals surface area contributed by atoms with Crippen LogP contribution >= 0.6 is 11.8 Å². The average molecular weight is 400 g/mol. The van der Waals surface area contributed by atoms with Crippen LogP contribution in [0.25, 0.3) is 0 Å². The van der Waals surface area contributed by atoms with Gasteiger partial charge in [-0.2, -0.15) is 0 Å². The number of carbonyl (C=O) groups excluding carboxylic acids is 1. The van der Waals surface area contributed by atoms with E-state index in [9.17, 15) is 4.79 Å². The average Bonchev–Trinajstić information content (AvgIpc) is 3.43. The Labute approximate surface area is 171 Å². The second-order valence-corrected chi connectivity index (χ2v) is 9.15. The lowest BCUT2D eigenvalue weighted by molar-refractivity contribution is -0.113. The fourth-order valence-electron chi connectivity index (χ4n) is 3.63. The van der Waals surface area contributed by atoms with Gasteiger partial charge in [-0.25, -0.2) is 0 Å². The van der Waals surface area contributed by atoms with E-state index in [-0.39, 0.29) is 5.91 Å². The number of hydrogen-bond acceptors (Lipinski definition) is 5. The Kier molecular flexibility index (Phi) is 5.62. The summed E-state index contributed by atoms with van der Waals surface area (Å²) in [5, 5.41) is 12.8. The van der Waals surface area contributed by atoms with Gasteiger partial charge in [-0.15, -0.1) is 10.2 Å². The third-order valence-corrected chi connectivity index (χ3v) is 6.57. The standard InChI is InChI=1S/C21H29N5OS/c1-14-8-10-25(11-9-14)20-23-24-21(26(20)17-6-7-17)28-13-19(27)22-18-12-15(2)4-5-16(18)3/h4-5,12,14,17H,6-11,13H2,1-3H3,(H,22,27). The van der Waals surface area contributed by atoms with E-state index in [1.807, 2.05) is 26.0 Å². The van der Waals surface area contributed by atoms with Crippen LogP contribution < -0.4 is 10.2 Å². The lowest BCUT2D eigenvalue weighted by Crippen LogP contribution is -2.34. The van der Waals surface area contributed by atoms with Crippen molar-refractivity contribution in [3.05, 3.63) is 29.3 Å². The van der Waals surface area contributed by atoms with Crippen molar-refractivity contribution in [3.8, 4) is 0 Å². The summed E-state index contributed by atoms with van der Waals surface area (Å²) in [6.07, 6.45) is 4.77. The molecule has 7 heteroatoms. The van der Waals surface area contributed by atoms with Crippen molar-refractivity contribution in [2.75, 3.05) is 29.1 Å². The Morgan fingerprint density at radius 1 is 1.18 bits per heavy atom. The molecule has 0 atom stereocenters. The van der Waals surface area contributed by atoms with E-state index < -0.39 is 0 Å². The summed E-state index contributed by atoms with van der Waals surface area (Å²) in [5.41, 5.74) is 3.10. The zero-order valence-electron chi connectivity index (χ0n) is 16.9. The summed E-state index contributed by atoms with van der Waals surface area (Å²) >= 11 is 1.49. The molecule has 150 valence electrons. The number of piperidine rings is 1. The number of nitrogens with zero attached hydrogens (tertiary/aromatic N) is 4. The van der Waals surface area contributed by atoms with Crippen LogP contribution in [0.1, 0.15) is 49.8 Å². The second-order valence-electron chi connectivity index (χ2n) is 8.21. The molecule has 2 aliphatic rings. The van der Waals surface area contributed by atoms with Crippen molar-refractivity contribution in [1.82, 2.24) is 14.8 Å². The fourth-order valence-corrected chi connectivity index (χ4v) is 4.43. The van der Waals surface area contributed by atoms with Gasteiger partial charge >= 0.3 is 0 Å². The number of rotatable bonds is 6. The first-order valence-corrected chi connectivity index (χ1v) is 11.2. The number of aryl methyl sites for hydroxylation is 2. The van der Waals surface area contributed by atoms with Gasteiger partial charge in [0.1, 0.15) is 0 Å². The maximum absolute atomic E-state index is 12.5. The van der Waals surface area contributed by atoms with Crippen molar-refractivity contribution in [1.29, 1.82) is 0 Å². The first-order chi connectivity index (χ1) is 13.5. The third-order valence-electron chi connectivity index (χ3n) is 5.62. The first-order valence-electron chi connectivity index (χ1n) is 10.2. The molecule has 2 heterocycles. The van der Waals surface area contributed by atoms with Crippen LogP contribution in [0.2, 0.25) is 0 Å². The minimum atomic E-state index is -0.00241. The van der Waals surface area contributed by atoms with Crippen molar-refractivity contribution < 1.29 is 4.79 Å². The van der Waals surface area contributed by atoms with E-state index in [1.165, 1.54) is 37.4 Å². The highest BCUT2D eigenvalue weighted by molar-refractivity contribution is 7.99. The van der Waals surface area contributed by atoms with Gasteiger partial charge in [-0.05, 0) is 62.6 Å². The van der Waals surface area contributed by atoms with E-state index in [0.29, 0.717) is 11.8 Å². The van der Waals surface area contributed by atoms with Gasteiger partial charge in [-0.1, -0.05) is 30.8 Å². The number of benzene rings is 1. The summed E-state index contributed by atoms with van der Waals surface area (Å²) in [6.45, 7) is 8.45. The molecule has 1 aliphatic carbocycles. The molecule has 1 amide bonds. The van der Waals surface area contributed by atoms with Gasteiger partial charge in [0.05, 0.1) is 5.75 Å². The molecule has 6 nitrogen and oxygen atoms in total. The summed E-state index contributed by atoms with van der Waals surface area (Å²) < 4.78 is 2.27. The molecule has 1 saturated heterocycles. The maximum atomic E-state index is 12.5. The predicted molar refractivity (Wildman–Crippen MR) is 114 cm³/mol. The lowest BCUT2D eigenvalue weighted by atomic mass is 10.00. The number of thioether (sulfide) groups is 1. The van der Waals surface area contributed by atoms with Crippen LogP contribution in [0.3, 0.4) is 0 Å². The lowest BCUT2D eigenvalue weighted by Gasteiger charge is -2.31. The molecule has 1 aromatic heterocycles. The number of anilines is 2. The highest BCUT2D eigenvalue weighted by Gasteiger charge is 2.32. The topological polar surface area (TPSA) is 63.1 Å². The number of carbonyl (C=O) groups is 1. The van der Waals surface area contributed by atoms with Gasteiger partial charge < -0.3 is 10.2 Å². The van der Waals surface area contributed by atoms with Gasteiger partial charge in [0.25, 0.3) is 0 Å². The molecule has 4 rings (SSSR count). The Bertz CT molecular complexity index is 852. The second kappa shape index (κ2) is 8.15. The Morgan fingerprint density at radius 3 is 2.64 bits per heavy atom. The molecular weight excluding hydrogens is 370 g/mol. The number of aromatic nitrogens is 3. The largest absolute Gasteiger partial charge is 0.341 e. The van der Waals surface area contributed by atoms with E-state index in [4.69, 9.17) is 0 Å². The number of nitrogens with one attached hydrogen (secondary N) is 1. The van der Waals surface area contributed by atoms with Crippen molar-refractivity contribution >= 4 is 29.3 Å². The highest BCUT2D eigenvalue weighted by Crippen LogP contribution is 2.41. The molecular formula is C21H29N5OS. The number of amides is 1. The quantitative estimate of drug-likeness (QED) is 0.738. The molecule has 0 radical (unpaired) electrons. The molecule has 2 fully saturated rings. The van der Waals surface area contributed by atoms with Crippen molar-refractivity contribution in [2.45, 2.75) is 57.7 Å². The van der Waals surface area contributed by atoms with Gasteiger partial charge in [0, 0.05) is 24.8 Å². The maximum Gasteiger partial charge on any atom is 0.234 e. The monoisotopic (exact) mass is 399 g/mol. The van der Waals surface area contributed by atoms with E-state index >= 15 is 0 Å². The van der Waals surface area contributed by atoms with Crippen LogP contribution in [0.4, 0.5) is 11.6 Å². The molecule has 28 heavy (non-hydrogen) atoms. The normalized spacial score (nSPS) is 17.8.